The van der Waals surface area contributed by atoms with E-state index in [1.807, 2.05) is 6.92 Å². The van der Waals surface area contributed by atoms with Crippen molar-refractivity contribution in [1.29, 1.82) is 0 Å². The lowest BCUT2D eigenvalue weighted by molar-refractivity contribution is 0.0988. The molecule has 1 fully saturated rings. The molecule has 0 bridgehead atoms. The molecule has 2 rings (SSSR count). The number of hydrogen-bond donors (Lipinski definition) is 1. The Labute approximate surface area is 120 Å². The van der Waals surface area contributed by atoms with Crippen molar-refractivity contribution >= 4 is 15.8 Å². The van der Waals surface area contributed by atoms with Crippen molar-refractivity contribution < 1.29 is 13.2 Å². The van der Waals surface area contributed by atoms with Crippen LogP contribution in [0.25, 0.3) is 0 Å². The van der Waals surface area contributed by atoms with Crippen molar-refractivity contribution in [2.75, 3.05) is 0 Å². The largest absolute Gasteiger partial charge is 0.294 e. The topological polar surface area (TPSA) is 63.2 Å². The second-order valence-electron chi connectivity index (χ2n) is 5.68. The van der Waals surface area contributed by atoms with Crippen LogP contribution in [0, 0.1) is 0 Å². The predicted molar refractivity (Wildman–Crippen MR) is 78.3 cm³/mol. The highest BCUT2D eigenvalue weighted by Gasteiger charge is 2.33. The van der Waals surface area contributed by atoms with Gasteiger partial charge in [-0.1, -0.05) is 31.9 Å². The van der Waals surface area contributed by atoms with E-state index in [0.717, 1.165) is 25.7 Å². The fourth-order valence-electron chi connectivity index (χ4n) is 2.68. The van der Waals surface area contributed by atoms with Crippen molar-refractivity contribution in [3.8, 4) is 0 Å². The molecule has 0 saturated heterocycles. The van der Waals surface area contributed by atoms with Crippen LogP contribution in [0.15, 0.2) is 29.2 Å². The van der Waals surface area contributed by atoms with Gasteiger partial charge in [-0.3, -0.25) is 4.79 Å². The molecule has 0 radical (unpaired) electrons. The minimum absolute atomic E-state index is 0.0471. The molecule has 1 saturated carbocycles. The second kappa shape index (κ2) is 5.66. The van der Waals surface area contributed by atoms with E-state index in [2.05, 4.69) is 4.72 Å². The van der Waals surface area contributed by atoms with E-state index in [4.69, 9.17) is 0 Å². The van der Waals surface area contributed by atoms with Gasteiger partial charge in [-0.05, 0) is 31.9 Å². The van der Waals surface area contributed by atoms with Gasteiger partial charge >= 0.3 is 0 Å². The zero-order chi connectivity index (χ0) is 14.8. The Hall–Kier alpha value is -1.20. The van der Waals surface area contributed by atoms with E-state index >= 15 is 0 Å². The van der Waals surface area contributed by atoms with Crippen LogP contribution in [0.2, 0.25) is 0 Å². The van der Waals surface area contributed by atoms with E-state index < -0.39 is 10.0 Å². The van der Waals surface area contributed by atoms with E-state index in [0.29, 0.717) is 12.0 Å². The lowest BCUT2D eigenvalue weighted by atomic mass is 10.0. The molecule has 5 heteroatoms. The monoisotopic (exact) mass is 295 g/mol. The molecule has 1 aromatic rings. The van der Waals surface area contributed by atoms with Crippen LogP contribution in [0.4, 0.5) is 0 Å². The number of hydrogen-bond acceptors (Lipinski definition) is 3. The van der Waals surface area contributed by atoms with Gasteiger partial charge in [-0.2, -0.15) is 0 Å². The van der Waals surface area contributed by atoms with Gasteiger partial charge in [0.1, 0.15) is 0 Å². The number of rotatable bonds is 5. The van der Waals surface area contributed by atoms with Gasteiger partial charge in [-0.15, -0.1) is 0 Å². The predicted octanol–water partition coefficient (Wildman–Crippen LogP) is 2.89. The first kappa shape index (κ1) is 15.2. The number of ketones is 1. The standard InChI is InChI=1S/C15H21NO3S/c1-3-14(17)12-7-6-8-13(11-12)20(18,19)16-15(2)9-4-5-10-15/h6-8,11,16H,3-5,9-10H2,1-2H3. The van der Waals surface area contributed by atoms with Gasteiger partial charge in [0.2, 0.25) is 10.0 Å². The van der Waals surface area contributed by atoms with Gasteiger partial charge < -0.3 is 0 Å². The molecule has 1 aliphatic rings. The van der Waals surface area contributed by atoms with Crippen LogP contribution < -0.4 is 4.72 Å². The molecule has 110 valence electrons. The summed E-state index contributed by atoms with van der Waals surface area (Å²) in [6.07, 6.45) is 4.19. The smallest absolute Gasteiger partial charge is 0.241 e. The SMILES string of the molecule is CCC(=O)c1cccc(S(=O)(=O)NC2(C)CCCC2)c1. The molecule has 1 aromatic carbocycles. The Kier molecular flexibility index (Phi) is 4.30. The third-order valence-electron chi connectivity index (χ3n) is 3.88. The van der Waals surface area contributed by atoms with Crippen LogP contribution in [0.5, 0.6) is 0 Å². The van der Waals surface area contributed by atoms with Crippen molar-refractivity contribution in [2.24, 2.45) is 0 Å². The van der Waals surface area contributed by atoms with Crippen molar-refractivity contribution in [3.05, 3.63) is 29.8 Å². The van der Waals surface area contributed by atoms with Crippen molar-refractivity contribution in [2.45, 2.75) is 56.4 Å². The maximum atomic E-state index is 12.4. The molecule has 0 aromatic heterocycles. The Morgan fingerprint density at radius 3 is 2.55 bits per heavy atom. The normalized spacial score (nSPS) is 18.1. The highest BCUT2D eigenvalue weighted by molar-refractivity contribution is 7.89. The summed E-state index contributed by atoms with van der Waals surface area (Å²) in [5.74, 6) is -0.0471. The fourth-order valence-corrected chi connectivity index (χ4v) is 4.19. The Balaban J connectivity index is 2.27. The Morgan fingerprint density at radius 1 is 1.30 bits per heavy atom. The minimum Gasteiger partial charge on any atom is -0.294 e. The van der Waals surface area contributed by atoms with Crippen LogP contribution in [-0.4, -0.2) is 19.7 Å². The number of carbonyl (C=O) groups is 1. The number of nitrogens with one attached hydrogen (secondary N) is 1. The van der Waals surface area contributed by atoms with E-state index in [1.165, 1.54) is 12.1 Å². The number of sulfonamides is 1. The second-order valence-corrected chi connectivity index (χ2v) is 7.36. The average molecular weight is 295 g/mol. The first-order valence-corrected chi connectivity index (χ1v) is 8.52. The highest BCUT2D eigenvalue weighted by Crippen LogP contribution is 2.30. The summed E-state index contributed by atoms with van der Waals surface area (Å²) in [4.78, 5) is 11.9. The molecule has 20 heavy (non-hydrogen) atoms. The summed E-state index contributed by atoms with van der Waals surface area (Å²) in [5, 5.41) is 0. The molecule has 0 heterocycles. The quantitative estimate of drug-likeness (QED) is 0.850. The lowest BCUT2D eigenvalue weighted by Gasteiger charge is -2.25. The van der Waals surface area contributed by atoms with Gasteiger partial charge in [0, 0.05) is 17.5 Å². The molecule has 0 spiro atoms. The van der Waals surface area contributed by atoms with Crippen LogP contribution in [-0.2, 0) is 10.0 Å². The lowest BCUT2D eigenvalue weighted by Crippen LogP contribution is -2.43. The molecular weight excluding hydrogens is 274 g/mol. The summed E-state index contributed by atoms with van der Waals surface area (Å²) in [6, 6.07) is 6.27. The molecular formula is C15H21NO3S. The molecule has 0 atom stereocenters. The minimum atomic E-state index is -3.57. The van der Waals surface area contributed by atoms with Crippen molar-refractivity contribution in [1.82, 2.24) is 4.72 Å². The summed E-state index contributed by atoms with van der Waals surface area (Å²) in [7, 11) is -3.57. The van der Waals surface area contributed by atoms with E-state index in [-0.39, 0.29) is 16.2 Å². The van der Waals surface area contributed by atoms with Gasteiger partial charge in [0.05, 0.1) is 4.90 Å². The summed E-state index contributed by atoms with van der Waals surface area (Å²) in [6.45, 7) is 3.71. The summed E-state index contributed by atoms with van der Waals surface area (Å²) in [5.41, 5.74) is 0.0933. The van der Waals surface area contributed by atoms with Gasteiger partial charge in [0.15, 0.2) is 5.78 Å². The van der Waals surface area contributed by atoms with Crippen LogP contribution in [0.3, 0.4) is 0 Å². The number of benzene rings is 1. The molecule has 1 aliphatic carbocycles. The Morgan fingerprint density at radius 2 is 1.95 bits per heavy atom. The third kappa shape index (κ3) is 3.27. The molecule has 0 aliphatic heterocycles. The molecule has 0 unspecified atom stereocenters. The van der Waals surface area contributed by atoms with E-state index in [1.54, 1.807) is 19.1 Å². The summed E-state index contributed by atoms with van der Waals surface area (Å²) >= 11 is 0. The zero-order valence-corrected chi connectivity index (χ0v) is 12.8. The maximum Gasteiger partial charge on any atom is 0.241 e. The highest BCUT2D eigenvalue weighted by atomic mass is 32.2. The molecule has 0 amide bonds. The fraction of sp³-hybridized carbons (Fsp3) is 0.533. The zero-order valence-electron chi connectivity index (χ0n) is 12.0. The van der Waals surface area contributed by atoms with Gasteiger partial charge in [0.25, 0.3) is 0 Å². The summed E-state index contributed by atoms with van der Waals surface area (Å²) < 4.78 is 27.7. The van der Waals surface area contributed by atoms with Crippen LogP contribution >= 0.6 is 0 Å². The first-order chi connectivity index (χ1) is 9.36. The molecule has 4 nitrogen and oxygen atoms in total. The average Bonchev–Trinajstić information content (AvgIpc) is 2.83. The van der Waals surface area contributed by atoms with Crippen LogP contribution in [0.1, 0.15) is 56.3 Å². The first-order valence-electron chi connectivity index (χ1n) is 7.03. The number of carbonyl (C=O) groups excluding carboxylic acids is 1. The number of Topliss-reactive ketones (excluding diaryl/α,β-unsaturated/α-hetero) is 1. The third-order valence-corrected chi connectivity index (χ3v) is 5.51. The molecule has 1 N–H and O–H groups in total. The van der Waals surface area contributed by atoms with E-state index in [9.17, 15) is 13.2 Å². The Bertz CT molecular complexity index is 601. The van der Waals surface area contributed by atoms with Gasteiger partial charge in [-0.25, -0.2) is 13.1 Å². The maximum absolute atomic E-state index is 12.4. The van der Waals surface area contributed by atoms with Crippen molar-refractivity contribution in [3.63, 3.8) is 0 Å².